The van der Waals surface area contributed by atoms with Gasteiger partial charge in [-0.2, -0.15) is 0 Å². The van der Waals surface area contributed by atoms with Crippen molar-refractivity contribution in [3.63, 3.8) is 0 Å². The second-order valence-electron chi connectivity index (χ2n) is 6.06. The van der Waals surface area contributed by atoms with E-state index in [1.807, 2.05) is 11.0 Å². The number of hydrogen-bond acceptors (Lipinski definition) is 5. The zero-order chi connectivity index (χ0) is 16.4. The summed E-state index contributed by atoms with van der Waals surface area (Å²) in [5, 5.41) is 2.91. The molecule has 0 unspecified atom stereocenters. The number of amides is 1. The largest absolute Gasteiger partial charge is 0.464 e. The molecule has 3 heterocycles. The Kier molecular flexibility index (Phi) is 4.32. The van der Waals surface area contributed by atoms with Crippen molar-refractivity contribution in [3.05, 3.63) is 52.7 Å². The van der Waals surface area contributed by atoms with Crippen molar-refractivity contribution in [2.24, 2.45) is 5.92 Å². The van der Waals surface area contributed by atoms with Crippen LogP contribution in [0.2, 0.25) is 0 Å². The van der Waals surface area contributed by atoms with E-state index in [0.29, 0.717) is 32.0 Å². The Hall–Kier alpha value is -2.18. The van der Waals surface area contributed by atoms with Crippen LogP contribution in [0.25, 0.3) is 11.0 Å². The molecule has 4 rings (SSSR count). The summed E-state index contributed by atoms with van der Waals surface area (Å²) in [6, 6.07) is 8.23. The van der Waals surface area contributed by atoms with E-state index in [1.165, 1.54) is 16.9 Å². The Labute approximate surface area is 143 Å². The van der Waals surface area contributed by atoms with Crippen LogP contribution in [0.4, 0.5) is 0 Å². The van der Waals surface area contributed by atoms with Crippen molar-refractivity contribution in [1.29, 1.82) is 0 Å². The van der Waals surface area contributed by atoms with Gasteiger partial charge in [0.1, 0.15) is 11.3 Å². The van der Waals surface area contributed by atoms with Gasteiger partial charge in [-0.15, -0.1) is 11.3 Å². The third kappa shape index (κ3) is 3.20. The number of thiazole rings is 1. The molecular formula is C18H18N2O3S. The highest BCUT2D eigenvalue weighted by Crippen LogP contribution is 2.21. The monoisotopic (exact) mass is 342 g/mol. The smallest absolute Gasteiger partial charge is 0.273 e. The topological polar surface area (TPSA) is 55.6 Å². The van der Waals surface area contributed by atoms with E-state index in [9.17, 15) is 4.79 Å². The molecule has 1 aromatic carbocycles. The zero-order valence-electron chi connectivity index (χ0n) is 13.2. The maximum atomic E-state index is 12.6. The van der Waals surface area contributed by atoms with Crippen molar-refractivity contribution < 1.29 is 13.9 Å². The van der Waals surface area contributed by atoms with E-state index in [-0.39, 0.29) is 11.8 Å². The van der Waals surface area contributed by atoms with Gasteiger partial charge in [0.15, 0.2) is 0 Å². The number of carbonyl (C=O) groups is 1. The van der Waals surface area contributed by atoms with Crippen molar-refractivity contribution in [1.82, 2.24) is 9.88 Å². The molecule has 0 saturated carbocycles. The Bertz CT molecular complexity index is 828. The fourth-order valence-corrected chi connectivity index (χ4v) is 3.65. The van der Waals surface area contributed by atoms with Crippen molar-refractivity contribution >= 4 is 28.2 Å². The minimum atomic E-state index is -0.00626. The molecule has 3 aromatic rings. The third-order valence-corrected chi connectivity index (χ3v) is 4.91. The molecule has 1 aliphatic rings. The molecule has 5 nitrogen and oxygen atoms in total. The SMILES string of the molecule is O=C(c1cscn1)N1CCOC[C@@H](Cc2ccc3ccoc3c2)C1. The fraction of sp³-hybridized carbons (Fsp3) is 0.333. The highest BCUT2D eigenvalue weighted by atomic mass is 32.1. The molecular weight excluding hydrogens is 324 g/mol. The first-order chi connectivity index (χ1) is 11.8. The summed E-state index contributed by atoms with van der Waals surface area (Å²) in [6.07, 6.45) is 2.56. The Morgan fingerprint density at radius 1 is 1.38 bits per heavy atom. The Morgan fingerprint density at radius 3 is 3.21 bits per heavy atom. The molecule has 2 aromatic heterocycles. The summed E-state index contributed by atoms with van der Waals surface area (Å²) < 4.78 is 11.2. The summed E-state index contributed by atoms with van der Waals surface area (Å²) in [7, 11) is 0. The van der Waals surface area contributed by atoms with Crippen LogP contribution in [0, 0.1) is 5.92 Å². The van der Waals surface area contributed by atoms with Gasteiger partial charge in [-0.1, -0.05) is 12.1 Å². The highest BCUT2D eigenvalue weighted by Gasteiger charge is 2.24. The molecule has 1 aliphatic heterocycles. The Morgan fingerprint density at radius 2 is 2.33 bits per heavy atom. The van der Waals surface area contributed by atoms with Crippen LogP contribution in [0.1, 0.15) is 16.1 Å². The van der Waals surface area contributed by atoms with Crippen LogP contribution in [0.5, 0.6) is 0 Å². The molecule has 1 saturated heterocycles. The number of aromatic nitrogens is 1. The minimum absolute atomic E-state index is 0.00626. The number of nitrogens with zero attached hydrogens (tertiary/aromatic N) is 2. The lowest BCUT2D eigenvalue weighted by Crippen LogP contribution is -2.36. The van der Waals surface area contributed by atoms with Crippen LogP contribution in [-0.4, -0.2) is 42.1 Å². The second kappa shape index (κ2) is 6.75. The van der Waals surface area contributed by atoms with E-state index < -0.39 is 0 Å². The highest BCUT2D eigenvalue weighted by molar-refractivity contribution is 7.07. The lowest BCUT2D eigenvalue weighted by Gasteiger charge is -2.23. The van der Waals surface area contributed by atoms with Crippen molar-refractivity contribution in [2.45, 2.75) is 6.42 Å². The van der Waals surface area contributed by atoms with Gasteiger partial charge >= 0.3 is 0 Å². The molecule has 1 amide bonds. The first kappa shape index (κ1) is 15.4. The number of rotatable bonds is 3. The molecule has 24 heavy (non-hydrogen) atoms. The van der Waals surface area contributed by atoms with Gasteiger partial charge in [-0.3, -0.25) is 4.79 Å². The van der Waals surface area contributed by atoms with E-state index in [0.717, 1.165) is 17.4 Å². The van der Waals surface area contributed by atoms with Crippen LogP contribution >= 0.6 is 11.3 Å². The van der Waals surface area contributed by atoms with Gasteiger partial charge in [0.05, 0.1) is 25.0 Å². The van der Waals surface area contributed by atoms with E-state index >= 15 is 0 Å². The number of fused-ring (bicyclic) bond motifs is 1. The van der Waals surface area contributed by atoms with Gasteiger partial charge in [0.2, 0.25) is 0 Å². The quantitative estimate of drug-likeness (QED) is 0.733. The first-order valence-corrected chi connectivity index (χ1v) is 8.95. The molecule has 6 heteroatoms. The lowest BCUT2D eigenvalue weighted by molar-refractivity contribution is 0.0732. The number of ether oxygens (including phenoxy) is 1. The zero-order valence-corrected chi connectivity index (χ0v) is 14.0. The Balaban J connectivity index is 1.48. The van der Waals surface area contributed by atoms with E-state index in [4.69, 9.17) is 9.15 Å². The first-order valence-electron chi connectivity index (χ1n) is 8.01. The number of benzene rings is 1. The van der Waals surface area contributed by atoms with Crippen LogP contribution < -0.4 is 0 Å². The summed E-state index contributed by atoms with van der Waals surface area (Å²) in [6.45, 7) is 2.54. The summed E-state index contributed by atoms with van der Waals surface area (Å²) in [5.41, 5.74) is 4.32. The predicted molar refractivity (Wildman–Crippen MR) is 92.2 cm³/mol. The molecule has 124 valence electrons. The summed E-state index contributed by atoms with van der Waals surface area (Å²) in [5.74, 6) is 0.260. The molecule has 0 aliphatic carbocycles. The maximum absolute atomic E-state index is 12.6. The maximum Gasteiger partial charge on any atom is 0.273 e. The van der Waals surface area contributed by atoms with E-state index in [1.54, 1.807) is 17.2 Å². The summed E-state index contributed by atoms with van der Waals surface area (Å²) in [4.78, 5) is 18.5. The van der Waals surface area contributed by atoms with Crippen LogP contribution in [-0.2, 0) is 11.2 Å². The van der Waals surface area contributed by atoms with Gasteiger partial charge < -0.3 is 14.1 Å². The average molecular weight is 342 g/mol. The van der Waals surface area contributed by atoms with Crippen LogP contribution in [0.3, 0.4) is 0 Å². The average Bonchev–Trinajstić information content (AvgIpc) is 3.23. The number of furan rings is 1. The van der Waals surface area contributed by atoms with E-state index in [2.05, 4.69) is 23.2 Å². The summed E-state index contributed by atoms with van der Waals surface area (Å²) >= 11 is 1.44. The van der Waals surface area contributed by atoms with Crippen LogP contribution in [0.15, 0.2) is 45.8 Å². The standard InChI is InChI=1S/C18H18N2O3S/c21-18(16-11-24-12-19-16)20-4-6-22-10-14(9-20)7-13-1-2-15-3-5-23-17(15)8-13/h1-3,5,8,11-12,14H,4,6-7,9-10H2/t14-/m0/s1. The van der Waals surface area contributed by atoms with Gasteiger partial charge in [0.25, 0.3) is 5.91 Å². The molecule has 0 spiro atoms. The number of carbonyl (C=O) groups excluding carboxylic acids is 1. The minimum Gasteiger partial charge on any atom is -0.464 e. The van der Waals surface area contributed by atoms with Crippen molar-refractivity contribution in [3.8, 4) is 0 Å². The van der Waals surface area contributed by atoms with Gasteiger partial charge in [0, 0.05) is 29.8 Å². The molecule has 0 bridgehead atoms. The van der Waals surface area contributed by atoms with Gasteiger partial charge in [-0.05, 0) is 24.1 Å². The fourth-order valence-electron chi connectivity index (χ4n) is 3.13. The van der Waals surface area contributed by atoms with Crippen molar-refractivity contribution in [2.75, 3.05) is 26.3 Å². The molecule has 0 N–H and O–H groups in total. The molecule has 1 fully saturated rings. The lowest BCUT2D eigenvalue weighted by atomic mass is 9.99. The second-order valence-corrected chi connectivity index (χ2v) is 6.78. The predicted octanol–water partition coefficient (Wildman–Crippen LogP) is 3.22. The third-order valence-electron chi connectivity index (χ3n) is 4.32. The number of hydrogen-bond donors (Lipinski definition) is 0. The molecule has 1 atom stereocenters. The van der Waals surface area contributed by atoms with Gasteiger partial charge in [-0.25, -0.2) is 4.98 Å². The molecule has 0 radical (unpaired) electrons. The normalized spacial score (nSPS) is 18.7.